The molecular weight excluding hydrogens is 234 g/mol. The Labute approximate surface area is 114 Å². The molecule has 0 spiro atoms. The van der Waals surface area contributed by atoms with Gasteiger partial charge in [0.15, 0.2) is 0 Å². The van der Waals surface area contributed by atoms with Gasteiger partial charge in [0.05, 0.1) is 6.20 Å². The third kappa shape index (κ3) is 2.43. The van der Waals surface area contributed by atoms with Gasteiger partial charge in [-0.1, -0.05) is 24.3 Å². The van der Waals surface area contributed by atoms with Crippen LogP contribution in [0.4, 0.5) is 0 Å². The summed E-state index contributed by atoms with van der Waals surface area (Å²) in [5.74, 6) is 0.626. The van der Waals surface area contributed by atoms with Crippen molar-refractivity contribution >= 4 is 0 Å². The van der Waals surface area contributed by atoms with Gasteiger partial charge in [0.1, 0.15) is 0 Å². The molecule has 1 aliphatic carbocycles. The van der Waals surface area contributed by atoms with Crippen molar-refractivity contribution in [2.45, 2.75) is 31.2 Å². The molecule has 1 heterocycles. The molecular formula is C16H21N3. The fraction of sp³-hybridized carbons (Fsp3) is 0.438. The van der Waals surface area contributed by atoms with Crippen LogP contribution in [-0.4, -0.2) is 22.9 Å². The Morgan fingerprint density at radius 3 is 3.00 bits per heavy atom. The average Bonchev–Trinajstić information content (AvgIpc) is 3.02. The van der Waals surface area contributed by atoms with Crippen molar-refractivity contribution in [2.75, 3.05) is 7.05 Å². The third-order valence-corrected chi connectivity index (χ3v) is 4.25. The zero-order valence-electron chi connectivity index (χ0n) is 11.6. The van der Waals surface area contributed by atoms with E-state index in [2.05, 4.69) is 47.9 Å². The fourth-order valence-corrected chi connectivity index (χ4v) is 3.28. The lowest BCUT2D eigenvalue weighted by atomic mass is 9.89. The predicted molar refractivity (Wildman–Crippen MR) is 77.3 cm³/mol. The molecule has 1 aromatic heterocycles. The lowest BCUT2D eigenvalue weighted by Crippen LogP contribution is -2.33. The molecule has 2 atom stereocenters. The predicted octanol–water partition coefficient (Wildman–Crippen LogP) is 2.28. The Morgan fingerprint density at radius 1 is 1.42 bits per heavy atom. The molecule has 0 aliphatic heterocycles. The van der Waals surface area contributed by atoms with Crippen LogP contribution in [-0.2, 0) is 19.9 Å². The second-order valence-electron chi connectivity index (χ2n) is 5.47. The third-order valence-electron chi connectivity index (χ3n) is 4.25. The molecule has 3 heteroatoms. The molecule has 0 saturated carbocycles. The summed E-state index contributed by atoms with van der Waals surface area (Å²) < 4.78 is 1.88. The van der Waals surface area contributed by atoms with Gasteiger partial charge in [-0.25, -0.2) is 0 Å². The maximum absolute atomic E-state index is 4.26. The number of likely N-dealkylation sites (N-methyl/N-ethyl adjacent to an activating group) is 1. The van der Waals surface area contributed by atoms with Crippen LogP contribution in [0.25, 0.3) is 0 Å². The molecule has 0 fully saturated rings. The van der Waals surface area contributed by atoms with Gasteiger partial charge in [0, 0.05) is 25.2 Å². The van der Waals surface area contributed by atoms with E-state index < -0.39 is 0 Å². The molecule has 2 aromatic rings. The van der Waals surface area contributed by atoms with Crippen molar-refractivity contribution < 1.29 is 0 Å². The lowest BCUT2D eigenvalue weighted by molar-refractivity contribution is 0.456. The maximum atomic E-state index is 4.26. The van der Waals surface area contributed by atoms with Crippen LogP contribution in [0.2, 0.25) is 0 Å². The van der Waals surface area contributed by atoms with Crippen LogP contribution >= 0.6 is 0 Å². The van der Waals surface area contributed by atoms with E-state index in [9.17, 15) is 0 Å². The standard InChI is InChI=1S/C16H21N3/c1-17-16(9-12-10-18-19(2)11-12)15-8-7-13-5-3-4-6-14(13)15/h3-6,10-11,15-17H,7-9H2,1-2H3. The highest BCUT2D eigenvalue weighted by atomic mass is 15.2. The lowest BCUT2D eigenvalue weighted by Gasteiger charge is -2.23. The minimum Gasteiger partial charge on any atom is -0.316 e. The Morgan fingerprint density at radius 2 is 2.26 bits per heavy atom. The molecule has 100 valence electrons. The summed E-state index contributed by atoms with van der Waals surface area (Å²) in [6.07, 6.45) is 7.61. The second-order valence-corrected chi connectivity index (χ2v) is 5.47. The van der Waals surface area contributed by atoms with E-state index in [1.54, 1.807) is 0 Å². The summed E-state index contributed by atoms with van der Waals surface area (Å²) in [5, 5.41) is 7.77. The number of nitrogens with zero attached hydrogens (tertiary/aromatic N) is 2. The minimum atomic E-state index is 0.493. The van der Waals surface area contributed by atoms with E-state index in [4.69, 9.17) is 0 Å². The molecule has 0 radical (unpaired) electrons. The van der Waals surface area contributed by atoms with Crippen LogP contribution in [0.5, 0.6) is 0 Å². The van der Waals surface area contributed by atoms with Crippen molar-refractivity contribution in [1.82, 2.24) is 15.1 Å². The van der Waals surface area contributed by atoms with Gasteiger partial charge < -0.3 is 5.32 Å². The summed E-state index contributed by atoms with van der Waals surface area (Å²) in [5.41, 5.74) is 4.37. The summed E-state index contributed by atoms with van der Waals surface area (Å²) in [4.78, 5) is 0. The smallest absolute Gasteiger partial charge is 0.0522 e. The van der Waals surface area contributed by atoms with E-state index in [1.165, 1.54) is 29.5 Å². The number of hydrogen-bond acceptors (Lipinski definition) is 2. The van der Waals surface area contributed by atoms with Crippen LogP contribution in [0.1, 0.15) is 29.0 Å². The van der Waals surface area contributed by atoms with Crippen molar-refractivity contribution in [2.24, 2.45) is 7.05 Å². The number of hydrogen-bond donors (Lipinski definition) is 1. The zero-order chi connectivity index (χ0) is 13.2. The molecule has 0 bridgehead atoms. The number of aromatic nitrogens is 2. The van der Waals surface area contributed by atoms with Gasteiger partial charge in [0.25, 0.3) is 0 Å². The van der Waals surface area contributed by atoms with E-state index in [0.717, 1.165) is 6.42 Å². The first-order valence-electron chi connectivity index (χ1n) is 7.00. The van der Waals surface area contributed by atoms with E-state index in [0.29, 0.717) is 12.0 Å². The highest BCUT2D eigenvalue weighted by molar-refractivity contribution is 5.36. The van der Waals surface area contributed by atoms with Crippen LogP contribution in [0.3, 0.4) is 0 Å². The SMILES string of the molecule is CNC(Cc1cnn(C)c1)C1CCc2ccccc21. The normalized spacial score (nSPS) is 19.4. The summed E-state index contributed by atoms with van der Waals surface area (Å²) in [6, 6.07) is 9.37. The molecule has 1 aliphatic rings. The van der Waals surface area contributed by atoms with E-state index >= 15 is 0 Å². The molecule has 0 amide bonds. The number of fused-ring (bicyclic) bond motifs is 1. The van der Waals surface area contributed by atoms with Gasteiger partial charge in [-0.2, -0.15) is 5.10 Å². The summed E-state index contributed by atoms with van der Waals surface area (Å²) in [7, 11) is 4.05. The average molecular weight is 255 g/mol. The Kier molecular flexibility index (Phi) is 3.38. The second kappa shape index (κ2) is 5.17. The molecule has 2 unspecified atom stereocenters. The first kappa shape index (κ1) is 12.4. The summed E-state index contributed by atoms with van der Waals surface area (Å²) >= 11 is 0. The van der Waals surface area contributed by atoms with Crippen LogP contribution < -0.4 is 5.32 Å². The van der Waals surface area contributed by atoms with Gasteiger partial charge in [-0.05, 0) is 43.0 Å². The van der Waals surface area contributed by atoms with E-state index in [-0.39, 0.29) is 0 Å². The highest BCUT2D eigenvalue weighted by Crippen LogP contribution is 2.36. The van der Waals surface area contributed by atoms with Crippen molar-refractivity contribution in [1.29, 1.82) is 0 Å². The quantitative estimate of drug-likeness (QED) is 0.908. The zero-order valence-corrected chi connectivity index (χ0v) is 11.6. The highest BCUT2D eigenvalue weighted by Gasteiger charge is 2.28. The first-order chi connectivity index (χ1) is 9.28. The fourth-order valence-electron chi connectivity index (χ4n) is 3.28. The largest absolute Gasteiger partial charge is 0.316 e. The van der Waals surface area contributed by atoms with Gasteiger partial charge >= 0.3 is 0 Å². The first-order valence-corrected chi connectivity index (χ1v) is 7.00. The van der Waals surface area contributed by atoms with Gasteiger partial charge in [0.2, 0.25) is 0 Å². The molecule has 1 N–H and O–H groups in total. The van der Waals surface area contributed by atoms with Crippen LogP contribution in [0, 0.1) is 0 Å². The van der Waals surface area contributed by atoms with Gasteiger partial charge in [-0.15, -0.1) is 0 Å². The summed E-state index contributed by atoms with van der Waals surface area (Å²) in [6.45, 7) is 0. The van der Waals surface area contributed by atoms with Crippen molar-refractivity contribution in [3.8, 4) is 0 Å². The Hall–Kier alpha value is -1.61. The Balaban J connectivity index is 1.80. The number of rotatable bonds is 4. The maximum Gasteiger partial charge on any atom is 0.0522 e. The monoisotopic (exact) mass is 255 g/mol. The number of nitrogens with one attached hydrogen (secondary N) is 1. The van der Waals surface area contributed by atoms with Crippen molar-refractivity contribution in [3.63, 3.8) is 0 Å². The minimum absolute atomic E-state index is 0.493. The van der Waals surface area contributed by atoms with E-state index in [1.807, 2.05) is 17.9 Å². The number of benzene rings is 1. The molecule has 3 nitrogen and oxygen atoms in total. The molecule has 19 heavy (non-hydrogen) atoms. The van der Waals surface area contributed by atoms with Crippen molar-refractivity contribution in [3.05, 3.63) is 53.3 Å². The molecule has 1 aromatic carbocycles. The topological polar surface area (TPSA) is 29.9 Å². The number of aryl methyl sites for hydroxylation is 2. The Bertz CT molecular complexity index is 559. The molecule has 0 saturated heterocycles. The van der Waals surface area contributed by atoms with Crippen LogP contribution in [0.15, 0.2) is 36.7 Å². The van der Waals surface area contributed by atoms with Gasteiger partial charge in [-0.3, -0.25) is 4.68 Å². The molecule has 3 rings (SSSR count).